The number of carbonyl (C=O) groups is 1. The van der Waals surface area contributed by atoms with Gasteiger partial charge in [-0.15, -0.1) is 0 Å². The Morgan fingerprint density at radius 2 is 2.06 bits per heavy atom. The second-order valence-corrected chi connectivity index (χ2v) is 5.28. The summed E-state index contributed by atoms with van der Waals surface area (Å²) in [5.41, 5.74) is 6.85. The van der Waals surface area contributed by atoms with Crippen molar-refractivity contribution in [3.63, 3.8) is 0 Å². The molecule has 1 atom stereocenters. The molecular weight excluding hydrogens is 224 g/mol. The summed E-state index contributed by atoms with van der Waals surface area (Å²) in [5.74, 6) is 0.375. The number of anilines is 1. The smallest absolute Gasteiger partial charge is 0.248 e. The number of nitrogens with one attached hydrogen (secondary N) is 1. The molecule has 3 N–H and O–H groups in total. The van der Waals surface area contributed by atoms with E-state index in [4.69, 9.17) is 5.73 Å². The molecule has 3 nitrogen and oxygen atoms in total. The van der Waals surface area contributed by atoms with E-state index in [1.165, 1.54) is 32.1 Å². The van der Waals surface area contributed by atoms with Gasteiger partial charge in [0.15, 0.2) is 0 Å². The lowest BCUT2D eigenvalue weighted by Crippen LogP contribution is -2.27. The van der Waals surface area contributed by atoms with Crippen molar-refractivity contribution in [1.82, 2.24) is 0 Å². The third-order valence-corrected chi connectivity index (χ3v) is 3.90. The first-order valence-corrected chi connectivity index (χ1v) is 6.83. The number of nitrogens with two attached hydrogens (primary N) is 1. The van der Waals surface area contributed by atoms with Gasteiger partial charge >= 0.3 is 0 Å². The normalized spacial score (nSPS) is 18.3. The summed E-state index contributed by atoms with van der Waals surface area (Å²) in [5, 5.41) is 3.50. The lowest BCUT2D eigenvalue weighted by atomic mass is 9.84. The summed E-state index contributed by atoms with van der Waals surface area (Å²) in [6.07, 6.45) is 6.68. The van der Waals surface area contributed by atoms with Crippen LogP contribution in [-0.2, 0) is 0 Å². The summed E-state index contributed by atoms with van der Waals surface area (Å²) in [6, 6.07) is 7.90. The molecule has 1 saturated carbocycles. The number of benzene rings is 1. The summed E-state index contributed by atoms with van der Waals surface area (Å²) in [6.45, 7) is 2.23. The highest BCUT2D eigenvalue weighted by atomic mass is 16.1. The molecule has 1 unspecified atom stereocenters. The topological polar surface area (TPSA) is 55.1 Å². The fraction of sp³-hybridized carbons (Fsp3) is 0.533. The maximum absolute atomic E-state index is 11.1. The third kappa shape index (κ3) is 3.25. The van der Waals surface area contributed by atoms with Crippen LogP contribution in [0.25, 0.3) is 0 Å². The molecule has 3 heteroatoms. The van der Waals surface area contributed by atoms with E-state index >= 15 is 0 Å². The van der Waals surface area contributed by atoms with Gasteiger partial charge in [-0.3, -0.25) is 4.79 Å². The highest BCUT2D eigenvalue weighted by Crippen LogP contribution is 2.28. The quantitative estimate of drug-likeness (QED) is 0.857. The highest BCUT2D eigenvalue weighted by molar-refractivity contribution is 5.93. The van der Waals surface area contributed by atoms with E-state index in [0.29, 0.717) is 11.6 Å². The summed E-state index contributed by atoms with van der Waals surface area (Å²) in [4.78, 5) is 11.1. The van der Waals surface area contributed by atoms with Crippen LogP contribution in [0.2, 0.25) is 0 Å². The van der Waals surface area contributed by atoms with E-state index in [0.717, 1.165) is 11.6 Å². The summed E-state index contributed by atoms with van der Waals surface area (Å²) >= 11 is 0. The molecule has 0 spiro atoms. The van der Waals surface area contributed by atoms with E-state index in [1.807, 2.05) is 18.2 Å². The van der Waals surface area contributed by atoms with Crippen LogP contribution in [0.3, 0.4) is 0 Å². The highest BCUT2D eigenvalue weighted by Gasteiger charge is 2.19. The molecule has 0 saturated heterocycles. The third-order valence-electron chi connectivity index (χ3n) is 3.90. The van der Waals surface area contributed by atoms with Crippen molar-refractivity contribution in [3.8, 4) is 0 Å². The van der Waals surface area contributed by atoms with Gasteiger partial charge in [-0.1, -0.05) is 25.3 Å². The Morgan fingerprint density at radius 3 is 2.72 bits per heavy atom. The van der Waals surface area contributed by atoms with Crippen molar-refractivity contribution in [2.24, 2.45) is 11.7 Å². The molecule has 0 bridgehead atoms. The minimum atomic E-state index is -0.371. The van der Waals surface area contributed by atoms with Crippen molar-refractivity contribution in [2.75, 3.05) is 5.32 Å². The van der Waals surface area contributed by atoms with Gasteiger partial charge in [-0.25, -0.2) is 0 Å². The molecule has 1 aromatic rings. The molecule has 0 radical (unpaired) electrons. The van der Waals surface area contributed by atoms with Gasteiger partial charge in [0.05, 0.1) is 0 Å². The molecule has 98 valence electrons. The zero-order valence-electron chi connectivity index (χ0n) is 11.0. The maximum atomic E-state index is 11.1. The monoisotopic (exact) mass is 246 g/mol. The summed E-state index contributed by atoms with van der Waals surface area (Å²) in [7, 11) is 0. The first-order valence-electron chi connectivity index (χ1n) is 6.83. The van der Waals surface area contributed by atoms with Crippen molar-refractivity contribution in [1.29, 1.82) is 0 Å². The zero-order chi connectivity index (χ0) is 13.0. The van der Waals surface area contributed by atoms with Gasteiger partial charge in [0.2, 0.25) is 5.91 Å². The Labute approximate surface area is 109 Å². The van der Waals surface area contributed by atoms with Crippen molar-refractivity contribution >= 4 is 11.6 Å². The second-order valence-electron chi connectivity index (χ2n) is 5.28. The largest absolute Gasteiger partial charge is 0.382 e. The number of hydrogen-bond donors (Lipinski definition) is 2. The van der Waals surface area contributed by atoms with E-state index in [1.54, 1.807) is 6.07 Å². The Balaban J connectivity index is 1.99. The van der Waals surface area contributed by atoms with Crippen molar-refractivity contribution in [2.45, 2.75) is 45.1 Å². The molecule has 1 aliphatic carbocycles. The van der Waals surface area contributed by atoms with Gasteiger partial charge in [-0.05, 0) is 43.9 Å². The van der Waals surface area contributed by atoms with Crippen LogP contribution < -0.4 is 11.1 Å². The average Bonchev–Trinajstić information content (AvgIpc) is 2.40. The Hall–Kier alpha value is -1.51. The van der Waals surface area contributed by atoms with Crippen LogP contribution in [0, 0.1) is 5.92 Å². The van der Waals surface area contributed by atoms with Crippen molar-refractivity contribution < 1.29 is 4.79 Å². The Bertz CT molecular complexity index is 411. The van der Waals surface area contributed by atoms with E-state index in [-0.39, 0.29) is 5.91 Å². The SMILES string of the molecule is CC(Nc1cccc(C(N)=O)c1)C1CCCCC1. The van der Waals surface area contributed by atoms with Gasteiger partial charge in [0.1, 0.15) is 0 Å². The number of amides is 1. The average molecular weight is 246 g/mol. The molecule has 0 aliphatic heterocycles. The van der Waals surface area contributed by atoms with Gasteiger partial charge in [0, 0.05) is 17.3 Å². The molecule has 1 aromatic carbocycles. The van der Waals surface area contributed by atoms with Crippen LogP contribution in [-0.4, -0.2) is 11.9 Å². The molecule has 0 heterocycles. The molecular formula is C15H22N2O. The second kappa shape index (κ2) is 5.89. The first-order chi connectivity index (χ1) is 8.66. The van der Waals surface area contributed by atoms with Crippen LogP contribution in [0.1, 0.15) is 49.4 Å². The Kier molecular flexibility index (Phi) is 4.24. The molecule has 2 rings (SSSR count). The number of hydrogen-bond acceptors (Lipinski definition) is 2. The predicted octanol–water partition coefficient (Wildman–Crippen LogP) is 3.17. The number of carbonyl (C=O) groups excluding carboxylic acids is 1. The van der Waals surface area contributed by atoms with E-state index in [9.17, 15) is 4.79 Å². The molecule has 18 heavy (non-hydrogen) atoms. The molecule has 1 aliphatic rings. The standard InChI is InChI=1S/C15H22N2O/c1-11(12-6-3-2-4-7-12)17-14-9-5-8-13(10-14)15(16)18/h5,8-12,17H,2-4,6-7H2,1H3,(H2,16,18). The van der Waals surface area contributed by atoms with Crippen LogP contribution in [0.5, 0.6) is 0 Å². The predicted molar refractivity (Wildman–Crippen MR) is 74.6 cm³/mol. The van der Waals surface area contributed by atoms with Crippen molar-refractivity contribution in [3.05, 3.63) is 29.8 Å². The Morgan fingerprint density at radius 1 is 1.33 bits per heavy atom. The summed E-state index contributed by atoms with van der Waals surface area (Å²) < 4.78 is 0. The van der Waals surface area contributed by atoms with Crippen LogP contribution >= 0.6 is 0 Å². The molecule has 1 fully saturated rings. The zero-order valence-corrected chi connectivity index (χ0v) is 11.0. The molecule has 0 aromatic heterocycles. The fourth-order valence-corrected chi connectivity index (χ4v) is 2.78. The lowest BCUT2D eigenvalue weighted by Gasteiger charge is -2.29. The van der Waals surface area contributed by atoms with E-state index in [2.05, 4.69) is 12.2 Å². The maximum Gasteiger partial charge on any atom is 0.248 e. The molecule has 1 amide bonds. The van der Waals surface area contributed by atoms with Crippen LogP contribution in [0.15, 0.2) is 24.3 Å². The minimum Gasteiger partial charge on any atom is -0.382 e. The van der Waals surface area contributed by atoms with E-state index < -0.39 is 0 Å². The number of rotatable bonds is 4. The van der Waals surface area contributed by atoms with Crippen LogP contribution in [0.4, 0.5) is 5.69 Å². The van der Waals surface area contributed by atoms with Gasteiger partial charge < -0.3 is 11.1 Å². The van der Waals surface area contributed by atoms with Gasteiger partial charge in [-0.2, -0.15) is 0 Å². The minimum absolute atomic E-state index is 0.371. The van der Waals surface area contributed by atoms with Gasteiger partial charge in [0.25, 0.3) is 0 Å². The number of primary amides is 1. The fourth-order valence-electron chi connectivity index (χ4n) is 2.78. The lowest BCUT2D eigenvalue weighted by molar-refractivity contribution is 0.100. The first kappa shape index (κ1) is 12.9.